The van der Waals surface area contributed by atoms with Crippen molar-refractivity contribution in [2.24, 2.45) is 16.2 Å². The Balaban J connectivity index is 2.53. The van der Waals surface area contributed by atoms with Crippen molar-refractivity contribution >= 4 is 28.2 Å². The molecule has 3 atom stereocenters. The van der Waals surface area contributed by atoms with Crippen LogP contribution in [-0.4, -0.2) is 22.2 Å². The van der Waals surface area contributed by atoms with E-state index in [0.717, 1.165) is 6.29 Å². The van der Waals surface area contributed by atoms with Gasteiger partial charge in [0, 0.05) is 10.2 Å². The van der Waals surface area contributed by atoms with Gasteiger partial charge in [0.05, 0.1) is 5.41 Å². The average molecular weight is 261 g/mol. The predicted octanol–water partition coefficient (Wildman–Crippen LogP) is 1.84. The lowest BCUT2D eigenvalue weighted by Crippen LogP contribution is -2.69. The molecule has 3 aliphatic rings. The lowest BCUT2D eigenvalue weighted by molar-refractivity contribution is -0.181. The van der Waals surface area contributed by atoms with Gasteiger partial charge in [0.15, 0.2) is 0 Å². The van der Waals surface area contributed by atoms with Crippen LogP contribution in [0.4, 0.5) is 0 Å². The van der Waals surface area contributed by atoms with Gasteiger partial charge in [-0.05, 0) is 18.3 Å². The van der Waals surface area contributed by atoms with Gasteiger partial charge in [0.2, 0.25) is 0 Å². The number of rotatable bonds is 2. The summed E-state index contributed by atoms with van der Waals surface area (Å²) in [6.07, 6.45) is 2.23. The van der Waals surface area contributed by atoms with Gasteiger partial charge in [0.1, 0.15) is 6.29 Å². The number of halogens is 1. The standard InChI is InChI=1S/C10H13BrO3/c1-8(2)9(5-12)3-4-10(8,6(9)11)7(13)14/h5-6H,3-4H2,1-2H3,(H,13,14)/t6-,9+,10-/m1/s1. The first-order chi connectivity index (χ1) is 6.37. The molecule has 0 amide bonds. The number of hydrogen-bond donors (Lipinski definition) is 1. The maximum absolute atomic E-state index is 11.3. The SMILES string of the molecule is CC1(C)[C@]2(C(=O)O)CC[C@]1(C=O)[C@H]2Br. The molecule has 3 nitrogen and oxygen atoms in total. The molecule has 3 aliphatic carbocycles. The van der Waals surface area contributed by atoms with E-state index < -0.39 is 22.2 Å². The van der Waals surface area contributed by atoms with Crippen molar-refractivity contribution in [3.05, 3.63) is 0 Å². The first-order valence-electron chi connectivity index (χ1n) is 4.70. The fourth-order valence-corrected chi connectivity index (χ4v) is 5.35. The zero-order valence-electron chi connectivity index (χ0n) is 8.21. The maximum atomic E-state index is 11.3. The minimum Gasteiger partial charge on any atom is -0.481 e. The van der Waals surface area contributed by atoms with Gasteiger partial charge in [-0.15, -0.1) is 0 Å². The van der Waals surface area contributed by atoms with Gasteiger partial charge in [-0.2, -0.15) is 0 Å². The number of carboxylic acids is 1. The third-order valence-electron chi connectivity index (χ3n) is 4.69. The summed E-state index contributed by atoms with van der Waals surface area (Å²) < 4.78 is 0. The first-order valence-corrected chi connectivity index (χ1v) is 5.62. The van der Waals surface area contributed by atoms with Gasteiger partial charge in [-0.25, -0.2) is 0 Å². The molecule has 0 saturated heterocycles. The Kier molecular flexibility index (Phi) is 1.74. The number of carbonyl (C=O) groups excluding carboxylic acids is 1. The van der Waals surface area contributed by atoms with Gasteiger partial charge in [-0.3, -0.25) is 4.79 Å². The highest BCUT2D eigenvalue weighted by Gasteiger charge is 2.82. The average Bonchev–Trinajstić information content (AvgIpc) is 2.53. The van der Waals surface area contributed by atoms with Crippen LogP contribution in [0.3, 0.4) is 0 Å². The molecule has 0 unspecified atom stereocenters. The molecule has 0 spiro atoms. The van der Waals surface area contributed by atoms with E-state index in [9.17, 15) is 14.7 Å². The van der Waals surface area contributed by atoms with Crippen LogP contribution in [0.1, 0.15) is 26.7 Å². The molecular formula is C10H13BrO3. The van der Waals surface area contributed by atoms with Crippen LogP contribution in [0.5, 0.6) is 0 Å². The minimum absolute atomic E-state index is 0.201. The summed E-state index contributed by atoms with van der Waals surface area (Å²) in [5, 5.41) is 9.28. The van der Waals surface area contributed by atoms with Gasteiger partial charge in [-0.1, -0.05) is 29.8 Å². The van der Waals surface area contributed by atoms with Gasteiger partial charge in [0.25, 0.3) is 0 Å². The molecule has 1 N–H and O–H groups in total. The summed E-state index contributed by atoms with van der Waals surface area (Å²) in [5.41, 5.74) is -1.64. The molecule has 2 bridgehead atoms. The molecule has 0 aromatic heterocycles. The number of fused-ring (bicyclic) bond motifs is 1. The largest absolute Gasteiger partial charge is 0.481 e. The lowest BCUT2D eigenvalue weighted by atomic mass is 9.43. The van der Waals surface area contributed by atoms with E-state index >= 15 is 0 Å². The maximum Gasteiger partial charge on any atom is 0.311 e. The number of alkyl halides is 1. The Hall–Kier alpha value is -0.380. The zero-order chi connectivity index (χ0) is 10.8. The molecule has 0 aromatic rings. The number of carboxylic acid groups (broad SMARTS) is 1. The summed E-state index contributed by atoms with van der Waals surface area (Å²) in [6, 6.07) is 0. The second kappa shape index (κ2) is 2.40. The quantitative estimate of drug-likeness (QED) is 0.609. The summed E-state index contributed by atoms with van der Waals surface area (Å²) in [6.45, 7) is 3.78. The number of hydrogen-bond acceptors (Lipinski definition) is 2. The highest BCUT2D eigenvalue weighted by Crippen LogP contribution is 2.79. The van der Waals surface area contributed by atoms with E-state index in [-0.39, 0.29) is 4.83 Å². The van der Waals surface area contributed by atoms with Crippen LogP contribution in [0.2, 0.25) is 0 Å². The molecule has 3 rings (SSSR count). The summed E-state index contributed by atoms with van der Waals surface area (Å²) >= 11 is 3.39. The van der Waals surface area contributed by atoms with Gasteiger partial charge < -0.3 is 9.90 Å². The van der Waals surface area contributed by atoms with Crippen molar-refractivity contribution in [3.8, 4) is 0 Å². The van der Waals surface area contributed by atoms with Crippen LogP contribution < -0.4 is 0 Å². The predicted molar refractivity (Wildman–Crippen MR) is 54.3 cm³/mol. The molecule has 0 heterocycles. The fraction of sp³-hybridized carbons (Fsp3) is 0.800. The number of aliphatic carboxylic acids is 1. The Bertz CT molecular complexity index is 325. The van der Waals surface area contributed by atoms with E-state index in [1.807, 2.05) is 13.8 Å². The van der Waals surface area contributed by atoms with E-state index in [1.165, 1.54) is 0 Å². The third-order valence-corrected chi connectivity index (χ3v) is 6.29. The lowest BCUT2D eigenvalue weighted by Gasteiger charge is -2.61. The second-order valence-electron chi connectivity index (χ2n) is 4.92. The zero-order valence-corrected chi connectivity index (χ0v) is 9.80. The molecule has 3 fully saturated rings. The van der Waals surface area contributed by atoms with E-state index in [0.29, 0.717) is 12.8 Å². The van der Waals surface area contributed by atoms with E-state index in [2.05, 4.69) is 15.9 Å². The first kappa shape index (κ1) is 10.1. The normalized spacial score (nSPS) is 48.4. The van der Waals surface area contributed by atoms with Crippen LogP contribution in [0.15, 0.2) is 0 Å². The second-order valence-corrected chi connectivity index (χ2v) is 5.84. The minimum atomic E-state index is -0.778. The summed E-state index contributed by atoms with van der Waals surface area (Å²) in [4.78, 5) is 22.2. The van der Waals surface area contributed by atoms with Crippen LogP contribution >= 0.6 is 15.9 Å². The number of aldehydes is 1. The van der Waals surface area contributed by atoms with Crippen molar-refractivity contribution in [1.82, 2.24) is 0 Å². The third kappa shape index (κ3) is 0.630. The van der Waals surface area contributed by atoms with Crippen LogP contribution in [0, 0.1) is 16.2 Å². The monoisotopic (exact) mass is 260 g/mol. The van der Waals surface area contributed by atoms with Crippen molar-refractivity contribution in [2.45, 2.75) is 31.5 Å². The van der Waals surface area contributed by atoms with Crippen molar-refractivity contribution in [2.75, 3.05) is 0 Å². The Morgan fingerprint density at radius 3 is 2.29 bits per heavy atom. The Labute approximate surface area is 91.0 Å². The van der Waals surface area contributed by atoms with Crippen molar-refractivity contribution < 1.29 is 14.7 Å². The Morgan fingerprint density at radius 1 is 1.50 bits per heavy atom. The fourth-order valence-electron chi connectivity index (χ4n) is 3.44. The molecule has 14 heavy (non-hydrogen) atoms. The smallest absolute Gasteiger partial charge is 0.311 e. The van der Waals surface area contributed by atoms with Crippen molar-refractivity contribution in [3.63, 3.8) is 0 Å². The molecule has 0 aromatic carbocycles. The molecular weight excluding hydrogens is 248 g/mol. The highest BCUT2D eigenvalue weighted by atomic mass is 79.9. The van der Waals surface area contributed by atoms with E-state index in [4.69, 9.17) is 0 Å². The molecule has 4 heteroatoms. The van der Waals surface area contributed by atoms with Crippen LogP contribution in [0.25, 0.3) is 0 Å². The summed E-state index contributed by atoms with van der Waals surface area (Å²) in [7, 11) is 0. The molecule has 0 aliphatic heterocycles. The van der Waals surface area contributed by atoms with Crippen molar-refractivity contribution in [1.29, 1.82) is 0 Å². The molecule has 0 radical (unpaired) electrons. The topological polar surface area (TPSA) is 54.4 Å². The number of carbonyl (C=O) groups is 2. The molecule has 78 valence electrons. The highest BCUT2D eigenvalue weighted by molar-refractivity contribution is 9.09. The molecule has 3 saturated carbocycles. The Morgan fingerprint density at radius 2 is 2.07 bits per heavy atom. The summed E-state index contributed by atoms with van der Waals surface area (Å²) in [5.74, 6) is -0.778. The van der Waals surface area contributed by atoms with Gasteiger partial charge >= 0.3 is 5.97 Å². The van der Waals surface area contributed by atoms with E-state index in [1.54, 1.807) is 0 Å². The van der Waals surface area contributed by atoms with Crippen LogP contribution in [-0.2, 0) is 9.59 Å².